The van der Waals surface area contributed by atoms with Gasteiger partial charge < -0.3 is 14.7 Å². The largest absolute Gasteiger partial charge is 0.339 e. The molecule has 1 aliphatic heterocycles. The quantitative estimate of drug-likeness (QED) is 0.672. The third-order valence-corrected chi connectivity index (χ3v) is 3.60. The number of amides is 3. The molecule has 1 saturated heterocycles. The van der Waals surface area contributed by atoms with E-state index in [2.05, 4.69) is 6.58 Å². The van der Waals surface area contributed by atoms with E-state index in [-0.39, 0.29) is 24.3 Å². The number of carbonyl (C=O) groups excluding carboxylic acids is 3. The van der Waals surface area contributed by atoms with Crippen molar-refractivity contribution in [3.05, 3.63) is 12.7 Å². The Morgan fingerprint density at radius 2 is 2.05 bits per heavy atom. The zero-order valence-electron chi connectivity index (χ0n) is 12.5. The van der Waals surface area contributed by atoms with Crippen LogP contribution in [0.2, 0.25) is 0 Å². The van der Waals surface area contributed by atoms with Gasteiger partial charge in [0.1, 0.15) is 6.04 Å². The monoisotopic (exact) mass is 281 g/mol. The zero-order chi connectivity index (χ0) is 15.3. The van der Waals surface area contributed by atoms with Crippen LogP contribution in [-0.2, 0) is 14.4 Å². The Balaban J connectivity index is 2.74. The van der Waals surface area contributed by atoms with E-state index in [1.807, 2.05) is 13.8 Å². The summed E-state index contributed by atoms with van der Waals surface area (Å²) in [6, 6.07) is -0.413. The third-order valence-electron chi connectivity index (χ3n) is 3.60. The average Bonchev–Trinajstić information content (AvgIpc) is 2.45. The fourth-order valence-corrected chi connectivity index (χ4v) is 2.37. The molecule has 6 nitrogen and oxygen atoms in total. The maximum Gasteiger partial charge on any atom is 0.246 e. The van der Waals surface area contributed by atoms with Crippen LogP contribution >= 0.6 is 0 Å². The first-order valence-electron chi connectivity index (χ1n) is 6.92. The molecule has 0 aliphatic carbocycles. The van der Waals surface area contributed by atoms with Crippen LogP contribution in [0.3, 0.4) is 0 Å². The molecule has 112 valence electrons. The molecule has 1 aliphatic rings. The lowest BCUT2D eigenvalue weighted by molar-refractivity contribution is -0.152. The van der Waals surface area contributed by atoms with E-state index in [4.69, 9.17) is 0 Å². The van der Waals surface area contributed by atoms with Crippen molar-refractivity contribution in [3.63, 3.8) is 0 Å². The van der Waals surface area contributed by atoms with Crippen molar-refractivity contribution < 1.29 is 14.4 Å². The van der Waals surface area contributed by atoms with Gasteiger partial charge in [0.2, 0.25) is 17.7 Å². The van der Waals surface area contributed by atoms with Crippen molar-refractivity contribution in [2.24, 2.45) is 0 Å². The highest BCUT2D eigenvalue weighted by Gasteiger charge is 2.35. The molecule has 0 aromatic heterocycles. The first kappa shape index (κ1) is 16.2. The van der Waals surface area contributed by atoms with Crippen LogP contribution in [0.4, 0.5) is 0 Å². The molecule has 1 heterocycles. The molecule has 0 aromatic rings. The lowest BCUT2D eigenvalue weighted by atomic mass is 10.1. The maximum absolute atomic E-state index is 12.3. The van der Waals surface area contributed by atoms with Gasteiger partial charge in [-0.25, -0.2) is 0 Å². The molecule has 1 unspecified atom stereocenters. The van der Waals surface area contributed by atoms with E-state index in [0.717, 1.165) is 0 Å². The van der Waals surface area contributed by atoms with Crippen molar-refractivity contribution >= 4 is 17.7 Å². The number of carbonyl (C=O) groups is 3. The van der Waals surface area contributed by atoms with Crippen LogP contribution in [0.1, 0.15) is 20.3 Å². The molecular weight excluding hydrogens is 258 g/mol. The molecule has 0 aromatic carbocycles. The number of rotatable bonds is 5. The smallest absolute Gasteiger partial charge is 0.246 e. The van der Waals surface area contributed by atoms with Crippen molar-refractivity contribution in [3.8, 4) is 0 Å². The van der Waals surface area contributed by atoms with Gasteiger partial charge in [-0.1, -0.05) is 13.5 Å². The molecule has 6 heteroatoms. The summed E-state index contributed by atoms with van der Waals surface area (Å²) in [6.07, 6.45) is 1.75. The number of nitrogens with zero attached hydrogens (tertiary/aromatic N) is 3. The molecule has 0 bridgehead atoms. The summed E-state index contributed by atoms with van der Waals surface area (Å²) in [5.41, 5.74) is 0. The van der Waals surface area contributed by atoms with E-state index in [1.165, 1.54) is 11.0 Å². The van der Waals surface area contributed by atoms with Crippen molar-refractivity contribution in [2.75, 3.05) is 33.2 Å². The standard InChI is InChI=1S/C14H23N3O3/c1-5-11-14(20)16(7-3)8-9-17(11)13(19)10-15(4)12(18)6-2/h6,11H,2,5,7-10H2,1,3-4H3. The van der Waals surface area contributed by atoms with Crippen molar-refractivity contribution in [2.45, 2.75) is 26.3 Å². The summed E-state index contributed by atoms with van der Waals surface area (Å²) in [5, 5.41) is 0. The second-order valence-corrected chi connectivity index (χ2v) is 4.83. The van der Waals surface area contributed by atoms with Crippen LogP contribution in [0.5, 0.6) is 0 Å². The summed E-state index contributed by atoms with van der Waals surface area (Å²) >= 11 is 0. The molecule has 1 atom stereocenters. The zero-order valence-corrected chi connectivity index (χ0v) is 12.5. The molecule has 0 saturated carbocycles. The van der Waals surface area contributed by atoms with Crippen LogP contribution in [-0.4, -0.2) is 71.7 Å². The summed E-state index contributed by atoms with van der Waals surface area (Å²) < 4.78 is 0. The fourth-order valence-electron chi connectivity index (χ4n) is 2.37. The lowest BCUT2D eigenvalue weighted by Crippen LogP contribution is -2.59. The highest BCUT2D eigenvalue weighted by atomic mass is 16.2. The Morgan fingerprint density at radius 1 is 1.40 bits per heavy atom. The van der Waals surface area contributed by atoms with Crippen LogP contribution in [0.25, 0.3) is 0 Å². The first-order chi connectivity index (χ1) is 9.46. The van der Waals surface area contributed by atoms with E-state index >= 15 is 0 Å². The van der Waals surface area contributed by atoms with Gasteiger partial charge >= 0.3 is 0 Å². The maximum atomic E-state index is 12.3. The highest BCUT2D eigenvalue weighted by Crippen LogP contribution is 2.15. The number of hydrogen-bond acceptors (Lipinski definition) is 3. The van der Waals surface area contributed by atoms with Crippen LogP contribution in [0, 0.1) is 0 Å². The summed E-state index contributed by atoms with van der Waals surface area (Å²) in [7, 11) is 1.55. The average molecular weight is 281 g/mol. The van der Waals surface area contributed by atoms with E-state index in [1.54, 1.807) is 16.8 Å². The molecule has 3 amide bonds. The van der Waals surface area contributed by atoms with Crippen molar-refractivity contribution in [1.82, 2.24) is 14.7 Å². The fraction of sp³-hybridized carbons (Fsp3) is 0.643. The van der Waals surface area contributed by atoms with E-state index in [9.17, 15) is 14.4 Å². The lowest BCUT2D eigenvalue weighted by Gasteiger charge is -2.40. The van der Waals surface area contributed by atoms with Crippen molar-refractivity contribution in [1.29, 1.82) is 0 Å². The SMILES string of the molecule is C=CC(=O)N(C)CC(=O)N1CCN(CC)C(=O)C1CC. The van der Waals surface area contributed by atoms with Gasteiger partial charge in [-0.05, 0) is 19.4 Å². The molecule has 1 rings (SSSR count). The first-order valence-corrected chi connectivity index (χ1v) is 6.92. The Hall–Kier alpha value is -1.85. The molecule has 20 heavy (non-hydrogen) atoms. The second kappa shape index (κ2) is 7.07. The van der Waals surface area contributed by atoms with Gasteiger partial charge in [0, 0.05) is 26.7 Å². The van der Waals surface area contributed by atoms with Gasteiger partial charge in [0.15, 0.2) is 0 Å². The molecular formula is C14H23N3O3. The summed E-state index contributed by atoms with van der Waals surface area (Å²) in [6.45, 7) is 8.91. The molecule has 0 spiro atoms. The predicted octanol–water partition coefficient (Wildman–Crippen LogP) is 0.100. The van der Waals surface area contributed by atoms with E-state index in [0.29, 0.717) is 26.1 Å². The highest BCUT2D eigenvalue weighted by molar-refractivity contribution is 5.93. The molecule has 1 fully saturated rings. The number of piperazine rings is 1. The van der Waals surface area contributed by atoms with Gasteiger partial charge in [0.05, 0.1) is 6.54 Å². The van der Waals surface area contributed by atoms with E-state index < -0.39 is 6.04 Å². The topological polar surface area (TPSA) is 60.9 Å². The molecule has 0 radical (unpaired) electrons. The van der Waals surface area contributed by atoms with Gasteiger partial charge in [-0.15, -0.1) is 0 Å². The summed E-state index contributed by atoms with van der Waals surface area (Å²) in [4.78, 5) is 40.5. The number of likely N-dealkylation sites (N-methyl/N-ethyl adjacent to an activating group) is 2. The number of hydrogen-bond donors (Lipinski definition) is 0. The second-order valence-electron chi connectivity index (χ2n) is 4.83. The minimum atomic E-state index is -0.413. The minimum absolute atomic E-state index is 0.00713. The van der Waals surface area contributed by atoms with Crippen LogP contribution < -0.4 is 0 Å². The third kappa shape index (κ3) is 3.37. The Labute approximate surface area is 120 Å². The van der Waals surface area contributed by atoms with Crippen LogP contribution in [0.15, 0.2) is 12.7 Å². The van der Waals surface area contributed by atoms with Gasteiger partial charge in [-0.2, -0.15) is 0 Å². The Morgan fingerprint density at radius 3 is 2.55 bits per heavy atom. The minimum Gasteiger partial charge on any atom is -0.339 e. The van der Waals surface area contributed by atoms with Gasteiger partial charge in [-0.3, -0.25) is 14.4 Å². The molecule has 0 N–H and O–H groups in total. The summed E-state index contributed by atoms with van der Waals surface area (Å²) in [5.74, 6) is -0.504. The van der Waals surface area contributed by atoms with Gasteiger partial charge in [0.25, 0.3) is 0 Å². The normalized spacial score (nSPS) is 18.9. The Kier molecular flexibility index (Phi) is 5.73. The Bertz CT molecular complexity index is 408. The predicted molar refractivity (Wildman–Crippen MR) is 75.9 cm³/mol.